The Hall–Kier alpha value is -1.00. The summed E-state index contributed by atoms with van der Waals surface area (Å²) >= 11 is 6.90. The smallest absolute Gasteiger partial charge is 0.137 e. The van der Waals surface area contributed by atoms with Crippen molar-refractivity contribution in [3.05, 3.63) is 56.5 Å². The van der Waals surface area contributed by atoms with E-state index in [4.69, 9.17) is 9.47 Å². The minimum absolute atomic E-state index is 0.0247. The van der Waals surface area contributed by atoms with Crippen LogP contribution in [0.15, 0.2) is 45.3 Å². The fraction of sp³-hybridized carbons (Fsp3) is 0.400. The monoisotopic (exact) mass is 452 g/mol. The molecule has 0 saturated carbocycles. The van der Waals surface area contributed by atoms with E-state index in [2.05, 4.69) is 77.8 Å². The van der Waals surface area contributed by atoms with E-state index in [0.29, 0.717) is 0 Å². The molecule has 2 aliphatic rings. The molecule has 4 heteroatoms. The lowest BCUT2D eigenvalue weighted by atomic mass is 10.0. The van der Waals surface area contributed by atoms with E-state index in [1.54, 1.807) is 0 Å². The number of fused-ring (bicyclic) bond motifs is 2. The summed E-state index contributed by atoms with van der Waals surface area (Å²) in [5.74, 6) is 2.04. The van der Waals surface area contributed by atoms with Crippen LogP contribution in [0.3, 0.4) is 0 Å². The van der Waals surface area contributed by atoms with E-state index in [-0.39, 0.29) is 11.2 Å². The summed E-state index contributed by atoms with van der Waals surface area (Å²) in [6, 6.07) is 12.4. The molecule has 2 nitrogen and oxygen atoms in total. The van der Waals surface area contributed by atoms with Crippen LogP contribution >= 0.6 is 31.9 Å². The van der Waals surface area contributed by atoms with Gasteiger partial charge >= 0.3 is 0 Å². The molecule has 0 unspecified atom stereocenters. The summed E-state index contributed by atoms with van der Waals surface area (Å²) in [4.78, 5) is 0. The normalized spacial score (nSPS) is 18.6. The van der Waals surface area contributed by atoms with Gasteiger partial charge in [-0.05, 0) is 73.0 Å². The zero-order valence-electron chi connectivity index (χ0n) is 14.5. The second-order valence-electron chi connectivity index (χ2n) is 7.56. The lowest BCUT2D eigenvalue weighted by Crippen LogP contribution is -2.24. The molecule has 0 amide bonds. The number of halogens is 2. The molecule has 4 rings (SSSR count). The van der Waals surface area contributed by atoms with Crippen LogP contribution in [0.2, 0.25) is 0 Å². The number of rotatable bonds is 0. The predicted molar refractivity (Wildman–Crippen MR) is 105 cm³/mol. The molecule has 0 aliphatic carbocycles. The summed E-state index contributed by atoms with van der Waals surface area (Å²) in [6.45, 7) is 8.45. The fourth-order valence-electron chi connectivity index (χ4n) is 3.14. The summed E-state index contributed by atoms with van der Waals surface area (Å²) in [7, 11) is 0. The molecular weight excluding hydrogens is 432 g/mol. The third kappa shape index (κ3) is 3.97. The van der Waals surface area contributed by atoms with E-state index in [9.17, 15) is 0 Å². The van der Waals surface area contributed by atoms with Crippen LogP contribution in [0, 0.1) is 0 Å². The van der Waals surface area contributed by atoms with Gasteiger partial charge in [-0.25, -0.2) is 0 Å². The van der Waals surface area contributed by atoms with Crippen molar-refractivity contribution in [1.82, 2.24) is 0 Å². The van der Waals surface area contributed by atoms with E-state index in [0.717, 1.165) is 33.3 Å². The second kappa shape index (κ2) is 6.38. The molecule has 0 spiro atoms. The highest BCUT2D eigenvalue weighted by molar-refractivity contribution is 9.10. The molecule has 0 atom stereocenters. The van der Waals surface area contributed by atoms with E-state index in [1.165, 1.54) is 11.1 Å². The first kappa shape index (κ1) is 17.8. The van der Waals surface area contributed by atoms with Gasteiger partial charge in [0.2, 0.25) is 0 Å². The first-order valence-electron chi connectivity index (χ1n) is 8.09. The van der Waals surface area contributed by atoms with Crippen LogP contribution in [-0.4, -0.2) is 11.2 Å². The topological polar surface area (TPSA) is 18.5 Å². The van der Waals surface area contributed by atoms with Gasteiger partial charge in [0, 0.05) is 17.3 Å². The Bertz CT molecular complexity index is 766. The summed E-state index contributed by atoms with van der Waals surface area (Å²) in [5, 5.41) is 0. The number of hydrogen-bond donors (Lipinski definition) is 0. The maximum atomic E-state index is 5.78. The summed E-state index contributed by atoms with van der Waals surface area (Å²) in [6.07, 6.45) is 2.01. The van der Waals surface area contributed by atoms with Crippen molar-refractivity contribution in [2.45, 2.75) is 51.7 Å². The Morgan fingerprint density at radius 3 is 2.21 bits per heavy atom. The molecule has 0 bridgehead atoms. The molecule has 2 aliphatic heterocycles. The van der Waals surface area contributed by atoms with Gasteiger partial charge in [0.1, 0.15) is 22.7 Å². The Labute approximate surface area is 160 Å². The lowest BCUT2D eigenvalue weighted by Gasteiger charge is -2.17. The SMILES string of the molecule is CC1(C)Cc2ccc(Br)cc2O1.CC1(C)Cc2cccc(Br)c2O1. The largest absolute Gasteiger partial charge is 0.487 e. The van der Waals surface area contributed by atoms with Gasteiger partial charge in [-0.2, -0.15) is 0 Å². The fourth-order valence-corrected chi connectivity index (χ4v) is 3.97. The molecule has 2 aromatic rings. The molecule has 128 valence electrons. The highest BCUT2D eigenvalue weighted by atomic mass is 79.9. The third-order valence-electron chi connectivity index (χ3n) is 4.07. The van der Waals surface area contributed by atoms with Crippen LogP contribution in [0.25, 0.3) is 0 Å². The number of hydrogen-bond acceptors (Lipinski definition) is 2. The lowest BCUT2D eigenvalue weighted by molar-refractivity contribution is 0.137. The van der Waals surface area contributed by atoms with Crippen LogP contribution in [-0.2, 0) is 12.8 Å². The molecule has 0 N–H and O–H groups in total. The first-order valence-corrected chi connectivity index (χ1v) is 9.68. The average molecular weight is 454 g/mol. The molecule has 0 aromatic heterocycles. The molecule has 24 heavy (non-hydrogen) atoms. The van der Waals surface area contributed by atoms with Crippen molar-refractivity contribution in [2.75, 3.05) is 0 Å². The second-order valence-corrected chi connectivity index (χ2v) is 9.33. The molecule has 0 saturated heterocycles. The Morgan fingerprint density at radius 1 is 0.833 bits per heavy atom. The van der Waals surface area contributed by atoms with Crippen LogP contribution in [0.4, 0.5) is 0 Å². The van der Waals surface area contributed by atoms with Crippen LogP contribution in [0.5, 0.6) is 11.5 Å². The van der Waals surface area contributed by atoms with Gasteiger partial charge in [-0.3, -0.25) is 0 Å². The predicted octanol–water partition coefficient (Wildman–Crippen LogP) is 6.33. The third-order valence-corrected chi connectivity index (χ3v) is 5.19. The van der Waals surface area contributed by atoms with E-state index < -0.39 is 0 Å². The van der Waals surface area contributed by atoms with Crippen molar-refractivity contribution < 1.29 is 9.47 Å². The number of para-hydroxylation sites is 1. The van der Waals surface area contributed by atoms with E-state index in [1.807, 2.05) is 18.2 Å². The Morgan fingerprint density at radius 2 is 1.50 bits per heavy atom. The van der Waals surface area contributed by atoms with Gasteiger partial charge in [0.25, 0.3) is 0 Å². The van der Waals surface area contributed by atoms with Crippen LogP contribution < -0.4 is 9.47 Å². The van der Waals surface area contributed by atoms with Gasteiger partial charge in [-0.1, -0.05) is 34.1 Å². The van der Waals surface area contributed by atoms with E-state index >= 15 is 0 Å². The van der Waals surface area contributed by atoms with Gasteiger partial charge in [0.05, 0.1) is 4.47 Å². The highest BCUT2D eigenvalue weighted by Crippen LogP contribution is 2.40. The van der Waals surface area contributed by atoms with Crippen LogP contribution in [0.1, 0.15) is 38.8 Å². The quantitative estimate of drug-likeness (QED) is 0.464. The number of benzene rings is 2. The summed E-state index contributed by atoms with van der Waals surface area (Å²) < 4.78 is 13.7. The maximum Gasteiger partial charge on any atom is 0.137 e. The van der Waals surface area contributed by atoms with Gasteiger partial charge in [0.15, 0.2) is 0 Å². The van der Waals surface area contributed by atoms with Crippen molar-refractivity contribution in [2.24, 2.45) is 0 Å². The Kier molecular flexibility index (Phi) is 4.73. The zero-order chi connectivity index (χ0) is 17.5. The Balaban J connectivity index is 0.000000141. The number of ether oxygens (including phenoxy) is 2. The van der Waals surface area contributed by atoms with Crippen molar-refractivity contribution in [3.8, 4) is 11.5 Å². The first-order chi connectivity index (χ1) is 11.2. The standard InChI is InChI=1S/2C10H11BrO/c1-10(2)6-7-3-4-8(11)5-9(7)12-10;1-10(2)6-7-4-3-5-8(11)9(7)12-10/h2*3-5H,6H2,1-2H3. The molecule has 0 radical (unpaired) electrons. The minimum Gasteiger partial charge on any atom is -0.487 e. The highest BCUT2D eigenvalue weighted by Gasteiger charge is 2.31. The maximum absolute atomic E-state index is 5.78. The van der Waals surface area contributed by atoms with Crippen molar-refractivity contribution in [1.29, 1.82) is 0 Å². The molecule has 0 fully saturated rings. The average Bonchev–Trinajstić information content (AvgIpc) is 2.93. The van der Waals surface area contributed by atoms with Gasteiger partial charge < -0.3 is 9.47 Å². The summed E-state index contributed by atoms with van der Waals surface area (Å²) in [5.41, 5.74) is 2.55. The zero-order valence-corrected chi connectivity index (χ0v) is 17.6. The van der Waals surface area contributed by atoms with Crippen molar-refractivity contribution >= 4 is 31.9 Å². The van der Waals surface area contributed by atoms with Gasteiger partial charge in [-0.15, -0.1) is 0 Å². The minimum atomic E-state index is -0.0355. The van der Waals surface area contributed by atoms with Crippen molar-refractivity contribution in [3.63, 3.8) is 0 Å². The molecule has 2 heterocycles. The molecule has 2 aromatic carbocycles. The molecular formula is C20H22Br2O2.